The lowest BCUT2D eigenvalue weighted by molar-refractivity contribution is -0.111. The smallest absolute Gasteiger partial charge is 0.248 e. The van der Waals surface area contributed by atoms with E-state index >= 15 is 0 Å². The Morgan fingerprint density at radius 2 is 2.00 bits per heavy atom. The molecular formula is C21H29ClN4O. The van der Waals surface area contributed by atoms with Gasteiger partial charge < -0.3 is 10.2 Å². The molecule has 0 aliphatic heterocycles. The van der Waals surface area contributed by atoms with Gasteiger partial charge in [0.15, 0.2) is 0 Å². The maximum Gasteiger partial charge on any atom is 0.248 e. The van der Waals surface area contributed by atoms with Crippen LogP contribution in [0, 0.1) is 6.92 Å². The van der Waals surface area contributed by atoms with E-state index in [9.17, 15) is 4.79 Å². The molecule has 0 aliphatic carbocycles. The van der Waals surface area contributed by atoms with Crippen LogP contribution in [0.5, 0.6) is 0 Å². The highest BCUT2D eigenvalue weighted by molar-refractivity contribution is 6.31. The van der Waals surface area contributed by atoms with Crippen LogP contribution in [-0.4, -0.2) is 41.2 Å². The number of nitrogens with zero attached hydrogens (tertiary/aromatic N) is 3. The number of unbranched alkanes of at least 4 members (excludes halogenated alkanes) is 1. The fourth-order valence-corrected chi connectivity index (χ4v) is 2.99. The van der Waals surface area contributed by atoms with E-state index in [1.165, 1.54) is 11.6 Å². The zero-order chi connectivity index (χ0) is 19.8. The van der Waals surface area contributed by atoms with Crippen molar-refractivity contribution in [3.63, 3.8) is 0 Å². The quantitative estimate of drug-likeness (QED) is 0.647. The SMILES string of the molecule is CCCCn1nc(C)c(/C=C/C(=O)Nc2ccc(CCN(C)C)cc2)c1Cl. The summed E-state index contributed by atoms with van der Waals surface area (Å²) in [5.74, 6) is -0.187. The van der Waals surface area contributed by atoms with Gasteiger partial charge in [-0.3, -0.25) is 9.48 Å². The molecule has 1 aromatic carbocycles. The van der Waals surface area contributed by atoms with Gasteiger partial charge in [0.25, 0.3) is 0 Å². The van der Waals surface area contributed by atoms with Crippen LogP contribution >= 0.6 is 11.6 Å². The molecule has 2 aromatic rings. The molecule has 0 bridgehead atoms. The second-order valence-corrected chi connectivity index (χ2v) is 7.30. The zero-order valence-electron chi connectivity index (χ0n) is 16.6. The number of amides is 1. The lowest BCUT2D eigenvalue weighted by atomic mass is 10.1. The molecule has 1 heterocycles. The predicted octanol–water partition coefficient (Wildman–Crippen LogP) is 4.40. The molecular weight excluding hydrogens is 360 g/mol. The zero-order valence-corrected chi connectivity index (χ0v) is 17.4. The minimum absolute atomic E-state index is 0.187. The predicted molar refractivity (Wildman–Crippen MR) is 113 cm³/mol. The molecule has 0 unspecified atom stereocenters. The summed E-state index contributed by atoms with van der Waals surface area (Å²) in [4.78, 5) is 14.4. The Morgan fingerprint density at radius 3 is 2.63 bits per heavy atom. The van der Waals surface area contributed by atoms with E-state index in [0.717, 1.165) is 49.3 Å². The molecule has 146 valence electrons. The third kappa shape index (κ3) is 6.52. The van der Waals surface area contributed by atoms with E-state index in [0.29, 0.717) is 5.15 Å². The number of anilines is 1. The Balaban J connectivity index is 1.96. The molecule has 2 rings (SSSR count). The van der Waals surface area contributed by atoms with Crippen molar-refractivity contribution in [2.45, 2.75) is 39.7 Å². The highest BCUT2D eigenvalue weighted by Gasteiger charge is 2.11. The van der Waals surface area contributed by atoms with Crippen molar-refractivity contribution in [3.05, 3.63) is 52.3 Å². The second-order valence-electron chi connectivity index (χ2n) is 6.94. The van der Waals surface area contributed by atoms with Crippen LogP contribution in [-0.2, 0) is 17.8 Å². The number of hydrogen-bond acceptors (Lipinski definition) is 3. The third-order valence-electron chi connectivity index (χ3n) is 4.30. The normalized spacial score (nSPS) is 11.5. The number of nitrogens with one attached hydrogen (secondary N) is 1. The molecule has 0 radical (unpaired) electrons. The first-order valence-corrected chi connectivity index (χ1v) is 9.74. The van der Waals surface area contributed by atoms with Crippen molar-refractivity contribution in [1.82, 2.24) is 14.7 Å². The number of benzene rings is 1. The van der Waals surface area contributed by atoms with Gasteiger partial charge >= 0.3 is 0 Å². The molecule has 5 nitrogen and oxygen atoms in total. The van der Waals surface area contributed by atoms with Gasteiger partial charge in [0.2, 0.25) is 5.91 Å². The van der Waals surface area contributed by atoms with Gasteiger partial charge in [0, 0.05) is 30.4 Å². The van der Waals surface area contributed by atoms with Crippen molar-refractivity contribution in [2.24, 2.45) is 0 Å². The van der Waals surface area contributed by atoms with Gasteiger partial charge in [-0.1, -0.05) is 37.1 Å². The summed E-state index contributed by atoms with van der Waals surface area (Å²) in [6.07, 6.45) is 6.32. The van der Waals surface area contributed by atoms with Gasteiger partial charge in [0.1, 0.15) is 5.15 Å². The molecule has 27 heavy (non-hydrogen) atoms. The Hall–Kier alpha value is -2.11. The molecule has 1 amide bonds. The number of hydrogen-bond donors (Lipinski definition) is 1. The van der Waals surface area contributed by atoms with E-state index in [1.807, 2.05) is 31.2 Å². The van der Waals surface area contributed by atoms with Crippen molar-refractivity contribution in [1.29, 1.82) is 0 Å². The maximum absolute atomic E-state index is 12.2. The summed E-state index contributed by atoms with van der Waals surface area (Å²) >= 11 is 6.39. The summed E-state index contributed by atoms with van der Waals surface area (Å²) in [5, 5.41) is 7.90. The van der Waals surface area contributed by atoms with E-state index < -0.39 is 0 Å². The Morgan fingerprint density at radius 1 is 1.30 bits per heavy atom. The van der Waals surface area contributed by atoms with Crippen LogP contribution in [0.1, 0.15) is 36.6 Å². The van der Waals surface area contributed by atoms with Gasteiger partial charge in [-0.25, -0.2) is 0 Å². The first-order chi connectivity index (χ1) is 12.9. The van der Waals surface area contributed by atoms with Gasteiger partial charge in [-0.05, 0) is 57.6 Å². The molecule has 6 heteroatoms. The summed E-state index contributed by atoms with van der Waals surface area (Å²) in [6.45, 7) is 5.82. The number of aromatic nitrogens is 2. The van der Waals surface area contributed by atoms with Crippen molar-refractivity contribution >= 4 is 29.3 Å². The minimum atomic E-state index is -0.187. The lowest BCUT2D eigenvalue weighted by Crippen LogP contribution is -2.15. The fourth-order valence-electron chi connectivity index (χ4n) is 2.66. The fraction of sp³-hybridized carbons (Fsp3) is 0.429. The minimum Gasteiger partial charge on any atom is -0.323 e. The standard InChI is InChI=1S/C21H29ClN4O/c1-5-6-14-26-21(22)19(16(2)24-26)11-12-20(27)23-18-9-7-17(8-10-18)13-15-25(3)4/h7-12H,5-6,13-15H2,1-4H3,(H,23,27)/b12-11+. The number of likely N-dealkylation sites (N-methyl/N-ethyl adjacent to an activating group) is 1. The number of carbonyl (C=O) groups excluding carboxylic acids is 1. The molecule has 0 aliphatic rings. The average Bonchev–Trinajstić information content (AvgIpc) is 2.90. The van der Waals surface area contributed by atoms with Gasteiger partial charge in [-0.2, -0.15) is 5.10 Å². The number of carbonyl (C=O) groups is 1. The monoisotopic (exact) mass is 388 g/mol. The molecule has 0 atom stereocenters. The van der Waals surface area contributed by atoms with E-state index in [1.54, 1.807) is 10.8 Å². The van der Waals surface area contributed by atoms with Crippen LogP contribution in [0.15, 0.2) is 30.3 Å². The van der Waals surface area contributed by atoms with Gasteiger partial charge in [0.05, 0.1) is 5.69 Å². The van der Waals surface area contributed by atoms with Crippen molar-refractivity contribution in [3.8, 4) is 0 Å². The van der Waals surface area contributed by atoms with E-state index in [4.69, 9.17) is 11.6 Å². The first-order valence-electron chi connectivity index (χ1n) is 9.36. The molecule has 1 N–H and O–H groups in total. The van der Waals surface area contributed by atoms with Crippen LogP contribution in [0.3, 0.4) is 0 Å². The van der Waals surface area contributed by atoms with E-state index in [-0.39, 0.29) is 5.91 Å². The number of aryl methyl sites for hydroxylation is 2. The summed E-state index contributed by atoms with van der Waals surface area (Å²) in [5.41, 5.74) is 3.64. The average molecular weight is 389 g/mol. The highest BCUT2D eigenvalue weighted by Crippen LogP contribution is 2.22. The molecule has 0 saturated heterocycles. The molecule has 1 aromatic heterocycles. The summed E-state index contributed by atoms with van der Waals surface area (Å²) in [6, 6.07) is 7.94. The van der Waals surface area contributed by atoms with Crippen LogP contribution in [0.4, 0.5) is 5.69 Å². The Kier molecular flexibility index (Phi) is 8.07. The number of halogens is 1. The largest absolute Gasteiger partial charge is 0.323 e. The van der Waals surface area contributed by atoms with Crippen LogP contribution < -0.4 is 5.32 Å². The number of rotatable bonds is 9. The Labute approximate surface area is 167 Å². The lowest BCUT2D eigenvalue weighted by Gasteiger charge is -2.09. The highest BCUT2D eigenvalue weighted by atomic mass is 35.5. The molecule has 0 fully saturated rings. The Bertz CT molecular complexity index is 778. The van der Waals surface area contributed by atoms with Crippen molar-refractivity contribution in [2.75, 3.05) is 26.0 Å². The topological polar surface area (TPSA) is 50.2 Å². The first kappa shape index (κ1) is 21.2. The third-order valence-corrected chi connectivity index (χ3v) is 4.70. The maximum atomic E-state index is 12.2. The molecule has 0 spiro atoms. The summed E-state index contributed by atoms with van der Waals surface area (Å²) < 4.78 is 1.80. The van der Waals surface area contributed by atoms with Gasteiger partial charge in [-0.15, -0.1) is 0 Å². The molecule has 0 saturated carbocycles. The van der Waals surface area contributed by atoms with Crippen LogP contribution in [0.25, 0.3) is 6.08 Å². The van der Waals surface area contributed by atoms with Crippen molar-refractivity contribution < 1.29 is 4.79 Å². The van der Waals surface area contributed by atoms with Crippen LogP contribution in [0.2, 0.25) is 5.15 Å². The van der Waals surface area contributed by atoms with E-state index in [2.05, 4.69) is 36.3 Å². The summed E-state index contributed by atoms with van der Waals surface area (Å²) in [7, 11) is 4.12. The second kappa shape index (κ2) is 10.3.